The Kier molecular flexibility index (Phi) is 48.1. The van der Waals surface area contributed by atoms with Gasteiger partial charge in [0.05, 0.1) is 12.2 Å². The van der Waals surface area contributed by atoms with Crippen LogP contribution in [0.25, 0.3) is 0 Å². The molecule has 1 nitrogen and oxygen atoms in total. The fourth-order valence-corrected chi connectivity index (χ4v) is 8.62. The smallest absolute Gasteiger partial charge is 0.0578 e. The second kappa shape index (κ2) is 48.1. The largest absolute Gasteiger partial charge is 0.375 e. The van der Waals surface area contributed by atoms with E-state index in [1.54, 1.807) is 0 Å². The highest BCUT2D eigenvalue weighted by atomic mass is 16.5. The van der Waals surface area contributed by atoms with E-state index in [0.717, 1.165) is 0 Å². The van der Waals surface area contributed by atoms with Crippen LogP contribution in [-0.2, 0) is 4.74 Å². The van der Waals surface area contributed by atoms with Crippen LogP contribution in [0.2, 0.25) is 0 Å². The number of rotatable bonds is 48. The molecule has 0 saturated carbocycles. The van der Waals surface area contributed by atoms with Gasteiger partial charge < -0.3 is 4.74 Å². The van der Waals surface area contributed by atoms with Crippen molar-refractivity contribution >= 4 is 0 Å². The lowest BCUT2D eigenvalue weighted by atomic mass is 9.99. The molecule has 0 radical (unpaired) electrons. The van der Waals surface area contributed by atoms with Crippen LogP contribution >= 0.6 is 0 Å². The molecule has 0 aliphatic heterocycles. The fourth-order valence-electron chi connectivity index (χ4n) is 8.62. The normalized spacial score (nSPS) is 12.9. The summed E-state index contributed by atoms with van der Waals surface area (Å²) in [4.78, 5) is 0. The maximum absolute atomic E-state index is 7.20. The van der Waals surface area contributed by atoms with Gasteiger partial charge in [-0.25, -0.2) is 0 Å². The van der Waals surface area contributed by atoms with Crippen molar-refractivity contribution in [1.29, 1.82) is 0 Å². The molecule has 0 aromatic rings. The van der Waals surface area contributed by atoms with E-state index in [0.29, 0.717) is 12.2 Å². The molecule has 0 aliphatic rings. The highest BCUT2D eigenvalue weighted by Gasteiger charge is 2.17. The molecule has 0 aromatic carbocycles. The van der Waals surface area contributed by atoms with E-state index in [1.807, 2.05) is 0 Å². The minimum absolute atomic E-state index is 0.517. The molecule has 0 saturated heterocycles. The van der Waals surface area contributed by atoms with Gasteiger partial charge in [-0.05, 0) is 25.7 Å². The lowest BCUT2D eigenvalue weighted by molar-refractivity contribution is -0.0324. The molecular weight excluding hydrogens is 641 g/mol. The molecule has 0 heterocycles. The summed E-state index contributed by atoms with van der Waals surface area (Å²) in [6.07, 6.45) is 66.7. The van der Waals surface area contributed by atoms with E-state index < -0.39 is 0 Å². The predicted octanol–water partition coefficient (Wildman–Crippen LogP) is 19.8. The average molecular weight is 747 g/mol. The zero-order valence-corrected chi connectivity index (χ0v) is 38.1. The van der Waals surface area contributed by atoms with Crippen molar-refractivity contribution in [3.63, 3.8) is 0 Å². The SMILES string of the molecule is CCCCCCCCCCCCCC(CCCCCCCCCCCC)OC(CCCCCCCCCCCC)CCCCCCCCCCCCC. The van der Waals surface area contributed by atoms with E-state index in [1.165, 1.54) is 295 Å². The molecule has 0 bridgehead atoms. The summed E-state index contributed by atoms with van der Waals surface area (Å²) in [6.45, 7) is 9.30. The number of hydrogen-bond donors (Lipinski definition) is 0. The first-order valence-corrected chi connectivity index (χ1v) is 25.9. The average Bonchev–Trinajstić information content (AvgIpc) is 3.17. The summed E-state index contributed by atoms with van der Waals surface area (Å²) in [5.74, 6) is 0. The third-order valence-corrected chi connectivity index (χ3v) is 12.4. The lowest BCUT2D eigenvalue weighted by Crippen LogP contribution is -2.23. The van der Waals surface area contributed by atoms with E-state index in [4.69, 9.17) is 4.74 Å². The topological polar surface area (TPSA) is 9.23 Å². The fraction of sp³-hybridized carbons (Fsp3) is 1.00. The Hall–Kier alpha value is -0.0400. The van der Waals surface area contributed by atoms with Crippen LogP contribution in [0.1, 0.15) is 323 Å². The number of hydrogen-bond acceptors (Lipinski definition) is 1. The highest BCUT2D eigenvalue weighted by Crippen LogP contribution is 2.24. The van der Waals surface area contributed by atoms with Gasteiger partial charge in [0.1, 0.15) is 0 Å². The van der Waals surface area contributed by atoms with Gasteiger partial charge in [-0.2, -0.15) is 0 Å². The van der Waals surface area contributed by atoms with Crippen LogP contribution in [0.15, 0.2) is 0 Å². The summed E-state index contributed by atoms with van der Waals surface area (Å²) in [5, 5.41) is 0. The zero-order chi connectivity index (χ0) is 38.4. The van der Waals surface area contributed by atoms with E-state index in [-0.39, 0.29) is 0 Å². The first-order valence-electron chi connectivity index (χ1n) is 25.9. The standard InChI is InChI=1S/C52H106O/c1-5-9-13-17-21-25-29-33-37-41-45-49-51(47-43-39-35-31-27-23-19-15-11-7-3)53-52(48-44-40-36-32-28-24-20-16-12-8-4)50-46-42-38-34-30-26-22-18-14-10-6-2/h51-52H,5-50H2,1-4H3. The Morgan fingerprint density at radius 1 is 0.189 bits per heavy atom. The summed E-state index contributed by atoms with van der Waals surface area (Å²) < 4.78 is 7.20. The van der Waals surface area contributed by atoms with Crippen molar-refractivity contribution in [3.8, 4) is 0 Å². The Labute approximate surface area is 338 Å². The second-order valence-electron chi connectivity index (χ2n) is 18.0. The maximum Gasteiger partial charge on any atom is 0.0578 e. The lowest BCUT2D eigenvalue weighted by Gasteiger charge is -2.26. The molecule has 0 N–H and O–H groups in total. The van der Waals surface area contributed by atoms with Crippen molar-refractivity contribution in [2.24, 2.45) is 0 Å². The zero-order valence-electron chi connectivity index (χ0n) is 38.1. The quantitative estimate of drug-likeness (QED) is 0.0563. The molecule has 0 spiro atoms. The van der Waals surface area contributed by atoms with Crippen LogP contribution < -0.4 is 0 Å². The monoisotopic (exact) mass is 747 g/mol. The maximum atomic E-state index is 7.20. The highest BCUT2D eigenvalue weighted by molar-refractivity contribution is 4.67. The van der Waals surface area contributed by atoms with Crippen LogP contribution in [-0.4, -0.2) is 12.2 Å². The van der Waals surface area contributed by atoms with Crippen LogP contribution in [0.5, 0.6) is 0 Å². The van der Waals surface area contributed by atoms with Gasteiger partial charge in [0.25, 0.3) is 0 Å². The molecular formula is C52H106O. The van der Waals surface area contributed by atoms with Crippen molar-refractivity contribution in [3.05, 3.63) is 0 Å². The Bertz CT molecular complexity index is 562. The molecule has 0 fully saturated rings. The van der Waals surface area contributed by atoms with E-state index >= 15 is 0 Å². The van der Waals surface area contributed by atoms with Gasteiger partial charge >= 0.3 is 0 Å². The van der Waals surface area contributed by atoms with Crippen molar-refractivity contribution in [1.82, 2.24) is 0 Å². The van der Waals surface area contributed by atoms with Crippen molar-refractivity contribution in [2.45, 2.75) is 335 Å². The van der Waals surface area contributed by atoms with Crippen LogP contribution in [0.4, 0.5) is 0 Å². The summed E-state index contributed by atoms with van der Waals surface area (Å²) >= 11 is 0. The van der Waals surface area contributed by atoms with Crippen LogP contribution in [0.3, 0.4) is 0 Å². The van der Waals surface area contributed by atoms with Crippen molar-refractivity contribution < 1.29 is 4.74 Å². The Morgan fingerprint density at radius 3 is 0.472 bits per heavy atom. The van der Waals surface area contributed by atoms with Crippen LogP contribution in [0, 0.1) is 0 Å². The number of ether oxygens (including phenoxy) is 1. The van der Waals surface area contributed by atoms with Gasteiger partial charge in [-0.3, -0.25) is 0 Å². The molecule has 1 heteroatoms. The summed E-state index contributed by atoms with van der Waals surface area (Å²) in [6, 6.07) is 0. The Balaban J connectivity index is 4.76. The third-order valence-electron chi connectivity index (χ3n) is 12.4. The first-order chi connectivity index (χ1) is 26.3. The van der Waals surface area contributed by atoms with Gasteiger partial charge in [0, 0.05) is 0 Å². The second-order valence-corrected chi connectivity index (χ2v) is 18.0. The van der Waals surface area contributed by atoms with Gasteiger partial charge in [-0.1, -0.05) is 297 Å². The minimum Gasteiger partial charge on any atom is -0.375 e. The number of unbranched alkanes of at least 4 members (excludes halogenated alkanes) is 38. The minimum atomic E-state index is 0.517. The summed E-state index contributed by atoms with van der Waals surface area (Å²) in [5.41, 5.74) is 0. The Morgan fingerprint density at radius 2 is 0.321 bits per heavy atom. The van der Waals surface area contributed by atoms with Gasteiger partial charge in [-0.15, -0.1) is 0 Å². The molecule has 0 amide bonds. The summed E-state index contributed by atoms with van der Waals surface area (Å²) in [7, 11) is 0. The molecule has 2 unspecified atom stereocenters. The molecule has 53 heavy (non-hydrogen) atoms. The van der Waals surface area contributed by atoms with Crippen molar-refractivity contribution in [2.75, 3.05) is 0 Å². The molecule has 0 rings (SSSR count). The van der Waals surface area contributed by atoms with E-state index in [9.17, 15) is 0 Å². The molecule has 0 aromatic heterocycles. The molecule has 320 valence electrons. The molecule has 0 aliphatic carbocycles. The van der Waals surface area contributed by atoms with Gasteiger partial charge in [0.15, 0.2) is 0 Å². The first kappa shape index (κ1) is 53.0. The third kappa shape index (κ3) is 44.5. The predicted molar refractivity (Wildman–Crippen MR) is 244 cm³/mol. The van der Waals surface area contributed by atoms with Gasteiger partial charge in [0.2, 0.25) is 0 Å². The molecule has 2 atom stereocenters. The van der Waals surface area contributed by atoms with E-state index in [2.05, 4.69) is 27.7 Å².